The van der Waals surface area contributed by atoms with Crippen LogP contribution in [0, 0.1) is 13.8 Å². The molecule has 0 aromatic heterocycles. The second-order valence-electron chi connectivity index (χ2n) is 8.55. The second kappa shape index (κ2) is 7.40. The minimum atomic E-state index is -4.06. The minimum absolute atomic E-state index is 0.000368. The first-order valence-electron chi connectivity index (χ1n) is 10.6. The molecule has 1 amide bonds. The molecule has 1 N–H and O–H groups in total. The highest BCUT2D eigenvalue weighted by Gasteiger charge is 2.64. The van der Waals surface area contributed by atoms with Gasteiger partial charge in [-0.2, -0.15) is 0 Å². The van der Waals surface area contributed by atoms with Crippen LogP contribution in [-0.4, -0.2) is 30.8 Å². The highest BCUT2D eigenvalue weighted by Crippen LogP contribution is 2.53. The van der Waals surface area contributed by atoms with Crippen molar-refractivity contribution in [3.05, 3.63) is 95.1 Å². The number of fused-ring (bicyclic) bond motifs is 2. The second-order valence-corrected chi connectivity index (χ2v) is 10.7. The molecule has 2 aliphatic rings. The highest BCUT2D eigenvalue weighted by atomic mass is 32.2. The first-order chi connectivity index (χ1) is 15.7. The lowest BCUT2D eigenvalue weighted by Gasteiger charge is -2.33. The number of sulfonamides is 1. The average Bonchev–Trinajstić information content (AvgIpc) is 3.23. The lowest BCUT2D eigenvalue weighted by atomic mass is 9.81. The summed E-state index contributed by atoms with van der Waals surface area (Å²) in [6, 6.07) is 20.7. The third kappa shape index (κ3) is 3.01. The van der Waals surface area contributed by atoms with E-state index >= 15 is 0 Å². The van der Waals surface area contributed by atoms with Crippen molar-refractivity contribution in [1.29, 1.82) is 0 Å². The van der Waals surface area contributed by atoms with Gasteiger partial charge in [0, 0.05) is 18.3 Å². The Kier molecular flexibility index (Phi) is 4.84. The van der Waals surface area contributed by atoms with Crippen LogP contribution in [0.5, 0.6) is 0 Å². The molecule has 1 fully saturated rings. The molecule has 2 heterocycles. The Balaban J connectivity index is 1.78. The lowest BCUT2D eigenvalue weighted by molar-refractivity contribution is -0.124. The molecular formula is C25H23N3O3S2. The zero-order chi connectivity index (χ0) is 23.5. The maximum atomic E-state index is 13.9. The van der Waals surface area contributed by atoms with E-state index in [4.69, 9.17) is 12.2 Å². The van der Waals surface area contributed by atoms with Crippen molar-refractivity contribution in [2.24, 2.45) is 0 Å². The van der Waals surface area contributed by atoms with Gasteiger partial charge in [-0.05, 0) is 49.8 Å². The number of hydrogen-bond acceptors (Lipinski definition) is 4. The van der Waals surface area contributed by atoms with E-state index < -0.39 is 21.6 Å². The minimum Gasteiger partial charge on any atom is -0.342 e. The lowest BCUT2D eigenvalue weighted by Crippen LogP contribution is -2.50. The quantitative estimate of drug-likeness (QED) is 0.581. The molecule has 1 saturated heterocycles. The number of carbonyl (C=O) groups is 1. The summed E-state index contributed by atoms with van der Waals surface area (Å²) < 4.78 is 29.0. The number of nitrogens with zero attached hydrogens (tertiary/aromatic N) is 2. The van der Waals surface area contributed by atoms with E-state index in [9.17, 15) is 13.2 Å². The molecule has 2 aliphatic heterocycles. The molecule has 0 saturated carbocycles. The van der Waals surface area contributed by atoms with Crippen molar-refractivity contribution >= 4 is 38.9 Å². The van der Waals surface area contributed by atoms with Crippen molar-refractivity contribution in [1.82, 2.24) is 9.62 Å². The fraction of sp³-hybridized carbons (Fsp3) is 0.200. The van der Waals surface area contributed by atoms with Crippen LogP contribution in [0.25, 0.3) is 0 Å². The number of carbonyl (C=O) groups excluding carboxylic acids is 1. The summed E-state index contributed by atoms with van der Waals surface area (Å²) in [6.07, 6.45) is 0. The number of anilines is 1. The highest BCUT2D eigenvalue weighted by molar-refractivity contribution is 7.91. The van der Waals surface area contributed by atoms with Crippen molar-refractivity contribution in [3.63, 3.8) is 0 Å². The number of hydrogen-bond donors (Lipinski definition) is 1. The Labute approximate surface area is 198 Å². The molecule has 0 bridgehead atoms. The molecular weight excluding hydrogens is 454 g/mol. The van der Waals surface area contributed by atoms with Crippen LogP contribution in [0.4, 0.5) is 5.69 Å². The predicted octanol–water partition coefficient (Wildman–Crippen LogP) is 3.80. The average molecular weight is 478 g/mol. The maximum absolute atomic E-state index is 13.9. The fourth-order valence-corrected chi connectivity index (χ4v) is 6.85. The third-order valence-electron chi connectivity index (χ3n) is 6.45. The number of nitrogens with one attached hydrogen (secondary N) is 1. The Hall–Kier alpha value is -3.23. The van der Waals surface area contributed by atoms with E-state index in [0.29, 0.717) is 11.1 Å². The summed E-state index contributed by atoms with van der Waals surface area (Å²) in [7, 11) is -2.36. The number of amides is 1. The number of aryl methyl sites for hydroxylation is 2. The summed E-state index contributed by atoms with van der Waals surface area (Å²) in [6.45, 7) is 3.86. The Bertz CT molecular complexity index is 1390. The molecule has 1 spiro atoms. The number of rotatable bonds is 3. The monoisotopic (exact) mass is 477 g/mol. The van der Waals surface area contributed by atoms with Crippen LogP contribution in [-0.2, 0) is 20.4 Å². The SMILES string of the molecule is Cc1ccc([C@H]2N(S(=O)(=O)c3ccc(C)cc3)C(=S)N[C@]23C(=O)N(C)c2ccccc23)cc1. The van der Waals surface area contributed by atoms with Gasteiger partial charge < -0.3 is 10.2 Å². The number of benzene rings is 3. The van der Waals surface area contributed by atoms with E-state index in [1.54, 1.807) is 36.2 Å². The zero-order valence-electron chi connectivity index (χ0n) is 18.4. The standard InChI is InChI=1S/C25H23N3O3S2/c1-16-8-12-18(13-9-16)22-25(20-6-4-5-7-21(20)27(3)23(25)29)26-24(32)28(22)33(30,31)19-14-10-17(2)11-15-19/h4-15,22H,1-3H3,(H,26,32)/t22-,25+/m1/s1. The first kappa shape index (κ1) is 21.6. The zero-order valence-corrected chi connectivity index (χ0v) is 20.1. The first-order valence-corrected chi connectivity index (χ1v) is 12.4. The van der Waals surface area contributed by atoms with Crippen LogP contribution >= 0.6 is 12.2 Å². The summed E-state index contributed by atoms with van der Waals surface area (Å²) in [4.78, 5) is 15.5. The Morgan fingerprint density at radius 3 is 2.12 bits per heavy atom. The number of para-hydroxylation sites is 1. The van der Waals surface area contributed by atoms with E-state index in [0.717, 1.165) is 16.8 Å². The molecule has 3 aromatic carbocycles. The van der Waals surface area contributed by atoms with Crippen molar-refractivity contribution in [2.75, 3.05) is 11.9 Å². The van der Waals surface area contributed by atoms with E-state index in [1.807, 2.05) is 62.4 Å². The van der Waals surface area contributed by atoms with Gasteiger partial charge in [0.1, 0.15) is 6.04 Å². The van der Waals surface area contributed by atoms with Gasteiger partial charge in [0.2, 0.25) is 0 Å². The molecule has 2 atom stereocenters. The molecule has 3 aromatic rings. The molecule has 5 rings (SSSR count). The van der Waals surface area contributed by atoms with Gasteiger partial charge in [-0.3, -0.25) is 4.79 Å². The molecule has 8 heteroatoms. The number of thiocarbonyl (C=S) groups is 1. The maximum Gasteiger partial charge on any atom is 0.266 e. The van der Waals surface area contributed by atoms with Crippen LogP contribution in [0.3, 0.4) is 0 Å². The summed E-state index contributed by atoms with van der Waals surface area (Å²) >= 11 is 5.61. The van der Waals surface area contributed by atoms with Gasteiger partial charge in [-0.25, -0.2) is 12.7 Å². The Morgan fingerprint density at radius 1 is 0.909 bits per heavy atom. The fourth-order valence-electron chi connectivity index (χ4n) is 4.76. The molecule has 0 unspecified atom stereocenters. The smallest absolute Gasteiger partial charge is 0.266 e. The van der Waals surface area contributed by atoms with Crippen molar-refractivity contribution in [3.8, 4) is 0 Å². The van der Waals surface area contributed by atoms with E-state index in [1.165, 1.54) is 4.31 Å². The van der Waals surface area contributed by atoms with Gasteiger partial charge in [0.05, 0.1) is 4.90 Å². The number of likely N-dealkylation sites (N-methyl/N-ethyl adjacent to an activating group) is 1. The van der Waals surface area contributed by atoms with Crippen LogP contribution < -0.4 is 10.2 Å². The molecule has 6 nitrogen and oxygen atoms in total. The normalized spacial score (nSPS) is 22.1. The van der Waals surface area contributed by atoms with Crippen molar-refractivity contribution < 1.29 is 13.2 Å². The van der Waals surface area contributed by atoms with Crippen LogP contribution in [0.15, 0.2) is 77.7 Å². The van der Waals surface area contributed by atoms with Gasteiger partial charge in [-0.1, -0.05) is 65.7 Å². The van der Waals surface area contributed by atoms with Gasteiger partial charge >= 0.3 is 0 Å². The van der Waals surface area contributed by atoms with Gasteiger partial charge in [0.15, 0.2) is 10.7 Å². The summed E-state index contributed by atoms with van der Waals surface area (Å²) in [5.41, 5.74) is 2.72. The van der Waals surface area contributed by atoms with Crippen LogP contribution in [0.1, 0.15) is 28.3 Å². The van der Waals surface area contributed by atoms with E-state index in [-0.39, 0.29) is 15.9 Å². The predicted molar refractivity (Wildman–Crippen MR) is 131 cm³/mol. The van der Waals surface area contributed by atoms with Gasteiger partial charge in [0.25, 0.3) is 15.9 Å². The van der Waals surface area contributed by atoms with Crippen molar-refractivity contribution in [2.45, 2.75) is 30.3 Å². The summed E-state index contributed by atoms with van der Waals surface area (Å²) in [5, 5.41) is 3.15. The topological polar surface area (TPSA) is 69.7 Å². The molecule has 33 heavy (non-hydrogen) atoms. The third-order valence-corrected chi connectivity index (χ3v) is 8.65. The largest absolute Gasteiger partial charge is 0.342 e. The van der Waals surface area contributed by atoms with E-state index in [2.05, 4.69) is 5.32 Å². The molecule has 0 radical (unpaired) electrons. The Morgan fingerprint density at radius 2 is 1.48 bits per heavy atom. The summed E-state index contributed by atoms with van der Waals surface area (Å²) in [5.74, 6) is -0.252. The van der Waals surface area contributed by atoms with Gasteiger partial charge in [-0.15, -0.1) is 0 Å². The van der Waals surface area contributed by atoms with Crippen LogP contribution in [0.2, 0.25) is 0 Å². The molecule has 0 aliphatic carbocycles. The molecule has 168 valence electrons.